The molecule has 0 radical (unpaired) electrons. The van der Waals surface area contributed by atoms with Crippen LogP contribution >= 0.6 is 0 Å². The highest BCUT2D eigenvalue weighted by Crippen LogP contribution is 2.14. The molecule has 1 atom stereocenters. The fourth-order valence-corrected chi connectivity index (χ4v) is 3.81. The van der Waals surface area contributed by atoms with Crippen LogP contribution in [0.5, 0.6) is 0 Å². The van der Waals surface area contributed by atoms with Crippen molar-refractivity contribution >= 4 is 15.9 Å². The quantitative estimate of drug-likeness (QED) is 0.804. The monoisotopic (exact) mass is 364 g/mol. The van der Waals surface area contributed by atoms with Crippen molar-refractivity contribution in [2.24, 2.45) is 13.0 Å². The molecule has 7 nitrogen and oxygen atoms in total. The van der Waals surface area contributed by atoms with Gasteiger partial charge in [0.1, 0.15) is 6.04 Å². The van der Waals surface area contributed by atoms with Crippen molar-refractivity contribution in [3.8, 4) is 0 Å². The summed E-state index contributed by atoms with van der Waals surface area (Å²) in [5.41, 5.74) is 0.881. The van der Waals surface area contributed by atoms with Gasteiger partial charge in [0, 0.05) is 32.4 Å². The van der Waals surface area contributed by atoms with Crippen LogP contribution in [0.3, 0.4) is 0 Å². The molecule has 1 amide bonds. The lowest BCUT2D eigenvalue weighted by atomic mass is 10.0. The third-order valence-corrected chi connectivity index (χ3v) is 5.28. The van der Waals surface area contributed by atoms with Gasteiger partial charge in [0.2, 0.25) is 15.9 Å². The minimum atomic E-state index is -3.77. The molecule has 0 aliphatic heterocycles. The summed E-state index contributed by atoms with van der Waals surface area (Å²) >= 11 is 0. The average molecular weight is 364 g/mol. The van der Waals surface area contributed by atoms with Crippen LogP contribution in [0.25, 0.3) is 0 Å². The molecule has 0 spiro atoms. The van der Waals surface area contributed by atoms with E-state index in [4.69, 9.17) is 0 Å². The van der Waals surface area contributed by atoms with Gasteiger partial charge in [-0.2, -0.15) is 9.82 Å². The molecule has 0 bridgehead atoms. The molecule has 1 aromatic heterocycles. The fraction of sp³-hybridized carbons (Fsp3) is 0.412. The number of nitrogens with zero attached hydrogens (tertiary/aromatic N) is 3. The summed E-state index contributed by atoms with van der Waals surface area (Å²) in [6.45, 7) is 3.99. The van der Waals surface area contributed by atoms with Gasteiger partial charge < -0.3 is 4.90 Å². The molecule has 0 fully saturated rings. The molecule has 2 aromatic rings. The van der Waals surface area contributed by atoms with Gasteiger partial charge in [0.05, 0.1) is 11.1 Å². The van der Waals surface area contributed by atoms with E-state index in [-0.39, 0.29) is 16.7 Å². The van der Waals surface area contributed by atoms with Crippen LogP contribution in [0.4, 0.5) is 0 Å². The predicted octanol–water partition coefficient (Wildman–Crippen LogP) is 1.38. The van der Waals surface area contributed by atoms with Gasteiger partial charge in [0.15, 0.2) is 0 Å². The lowest BCUT2D eigenvalue weighted by Gasteiger charge is -2.26. The zero-order chi connectivity index (χ0) is 18.6. The molecule has 0 aliphatic carbocycles. The first kappa shape index (κ1) is 19.1. The van der Waals surface area contributed by atoms with Crippen molar-refractivity contribution in [3.63, 3.8) is 0 Å². The summed E-state index contributed by atoms with van der Waals surface area (Å²) in [6, 6.07) is 7.20. The third kappa shape index (κ3) is 4.90. The van der Waals surface area contributed by atoms with E-state index in [2.05, 4.69) is 9.82 Å². The summed E-state index contributed by atoms with van der Waals surface area (Å²) in [7, 11) is -0.310. The molecular formula is C17H24N4O3S. The van der Waals surface area contributed by atoms with E-state index in [1.54, 1.807) is 43.2 Å². The Hall–Kier alpha value is -2.19. The molecule has 0 saturated carbocycles. The molecule has 0 unspecified atom stereocenters. The van der Waals surface area contributed by atoms with Crippen molar-refractivity contribution in [2.45, 2.75) is 31.3 Å². The van der Waals surface area contributed by atoms with Crippen molar-refractivity contribution in [2.75, 3.05) is 7.05 Å². The summed E-state index contributed by atoms with van der Waals surface area (Å²) < 4.78 is 29.3. The number of nitrogens with one attached hydrogen (secondary N) is 1. The van der Waals surface area contributed by atoms with E-state index in [1.165, 1.54) is 17.0 Å². The molecule has 0 saturated heterocycles. The summed E-state index contributed by atoms with van der Waals surface area (Å²) in [4.78, 5) is 14.4. The number of hydrogen-bond donors (Lipinski definition) is 1. The minimum Gasteiger partial charge on any atom is -0.340 e. The van der Waals surface area contributed by atoms with Crippen LogP contribution in [0.15, 0.2) is 47.6 Å². The highest BCUT2D eigenvalue weighted by atomic mass is 32.2. The highest BCUT2D eigenvalue weighted by Gasteiger charge is 2.30. The number of hydrogen-bond acceptors (Lipinski definition) is 4. The van der Waals surface area contributed by atoms with E-state index in [0.717, 1.165) is 5.56 Å². The van der Waals surface area contributed by atoms with Gasteiger partial charge in [0.25, 0.3) is 0 Å². The Bertz CT molecular complexity index is 815. The second kappa shape index (κ2) is 7.79. The molecule has 2 rings (SSSR count). The first-order valence-corrected chi connectivity index (χ1v) is 9.49. The van der Waals surface area contributed by atoms with Crippen molar-refractivity contribution in [1.82, 2.24) is 19.4 Å². The van der Waals surface area contributed by atoms with E-state index < -0.39 is 16.1 Å². The fourth-order valence-electron chi connectivity index (χ4n) is 2.45. The largest absolute Gasteiger partial charge is 0.340 e. The normalized spacial score (nSPS) is 13.0. The molecule has 25 heavy (non-hydrogen) atoms. The van der Waals surface area contributed by atoms with E-state index in [9.17, 15) is 13.2 Å². The van der Waals surface area contributed by atoms with Gasteiger partial charge in [-0.3, -0.25) is 9.48 Å². The van der Waals surface area contributed by atoms with Crippen LogP contribution in [-0.2, 0) is 28.4 Å². The number of sulfonamides is 1. The van der Waals surface area contributed by atoms with Crippen LogP contribution in [-0.4, -0.2) is 42.1 Å². The SMILES string of the molecule is CC(C)[C@H](NS(=O)(=O)c1ccccc1)C(=O)N(C)Cc1cnn(C)c1. The first-order chi connectivity index (χ1) is 11.7. The van der Waals surface area contributed by atoms with Gasteiger partial charge in [-0.05, 0) is 18.1 Å². The molecular weight excluding hydrogens is 340 g/mol. The number of benzene rings is 1. The van der Waals surface area contributed by atoms with Crippen molar-refractivity contribution in [3.05, 3.63) is 48.3 Å². The van der Waals surface area contributed by atoms with Crippen molar-refractivity contribution in [1.29, 1.82) is 0 Å². The molecule has 0 aliphatic rings. The Kier molecular flexibility index (Phi) is 5.97. The van der Waals surface area contributed by atoms with Crippen LogP contribution < -0.4 is 4.72 Å². The van der Waals surface area contributed by atoms with E-state index in [0.29, 0.717) is 6.54 Å². The smallest absolute Gasteiger partial charge is 0.241 e. The Balaban J connectivity index is 2.15. The highest BCUT2D eigenvalue weighted by molar-refractivity contribution is 7.89. The minimum absolute atomic E-state index is 0.142. The first-order valence-electron chi connectivity index (χ1n) is 8.00. The molecule has 1 N–H and O–H groups in total. The zero-order valence-corrected chi connectivity index (χ0v) is 15.7. The van der Waals surface area contributed by atoms with Gasteiger partial charge in [-0.15, -0.1) is 0 Å². The maximum absolute atomic E-state index is 12.8. The van der Waals surface area contributed by atoms with Crippen LogP contribution in [0, 0.1) is 5.92 Å². The van der Waals surface area contributed by atoms with Gasteiger partial charge in [-0.25, -0.2) is 8.42 Å². The Morgan fingerprint density at radius 3 is 2.44 bits per heavy atom. The number of carbonyl (C=O) groups excluding carboxylic acids is 1. The number of aryl methyl sites for hydroxylation is 1. The topological polar surface area (TPSA) is 84.3 Å². The van der Waals surface area contributed by atoms with E-state index in [1.807, 2.05) is 20.0 Å². The van der Waals surface area contributed by atoms with Crippen LogP contribution in [0.1, 0.15) is 19.4 Å². The third-order valence-electron chi connectivity index (χ3n) is 3.82. The Labute approximate surface area is 148 Å². The Morgan fingerprint density at radius 2 is 1.92 bits per heavy atom. The lowest BCUT2D eigenvalue weighted by molar-refractivity contribution is -0.133. The zero-order valence-electron chi connectivity index (χ0n) is 14.9. The van der Waals surface area contributed by atoms with Crippen LogP contribution in [0.2, 0.25) is 0 Å². The van der Waals surface area contributed by atoms with Gasteiger partial charge >= 0.3 is 0 Å². The van der Waals surface area contributed by atoms with Gasteiger partial charge in [-0.1, -0.05) is 32.0 Å². The molecule has 8 heteroatoms. The molecule has 1 aromatic carbocycles. The maximum Gasteiger partial charge on any atom is 0.241 e. The maximum atomic E-state index is 12.8. The molecule has 1 heterocycles. The number of aromatic nitrogens is 2. The number of likely N-dealkylation sites (N-methyl/N-ethyl adjacent to an activating group) is 1. The summed E-state index contributed by atoms with van der Waals surface area (Å²) in [5.74, 6) is -0.472. The number of rotatable bonds is 7. The predicted molar refractivity (Wildman–Crippen MR) is 95.1 cm³/mol. The number of carbonyl (C=O) groups is 1. The van der Waals surface area contributed by atoms with Crippen molar-refractivity contribution < 1.29 is 13.2 Å². The summed E-state index contributed by atoms with van der Waals surface area (Å²) in [5, 5.41) is 4.08. The second-order valence-electron chi connectivity index (χ2n) is 6.37. The molecule has 136 valence electrons. The second-order valence-corrected chi connectivity index (χ2v) is 8.09. The lowest BCUT2D eigenvalue weighted by Crippen LogP contribution is -2.49. The standard InChI is InChI=1S/C17H24N4O3S/c1-13(2)16(19-25(23,24)15-8-6-5-7-9-15)17(22)20(3)11-14-10-18-21(4)12-14/h5-10,12-13,16,19H,11H2,1-4H3/t16-/m0/s1. The Morgan fingerprint density at radius 1 is 1.28 bits per heavy atom. The van der Waals surface area contributed by atoms with E-state index >= 15 is 0 Å². The average Bonchev–Trinajstić information content (AvgIpc) is 2.97. The number of amides is 1. The summed E-state index contributed by atoms with van der Waals surface area (Å²) in [6.07, 6.45) is 3.50.